The van der Waals surface area contributed by atoms with E-state index in [2.05, 4.69) is 60.4 Å². The predicted molar refractivity (Wildman–Crippen MR) is 183 cm³/mol. The first-order valence-electron chi connectivity index (χ1n) is 17.1. The topological polar surface area (TPSA) is 112 Å². The van der Waals surface area contributed by atoms with Crippen LogP contribution in [0.5, 0.6) is 0 Å². The summed E-state index contributed by atoms with van der Waals surface area (Å²) in [6, 6.07) is 17.3. The first-order chi connectivity index (χ1) is 22.2. The highest BCUT2D eigenvalue weighted by atomic mass is 16.5. The van der Waals surface area contributed by atoms with Crippen LogP contribution in [0, 0.1) is 12.8 Å². The Labute approximate surface area is 274 Å². The molecule has 0 radical (unpaired) electrons. The SMILES string of the molecule is CC.CC.CC1OC2C3CCCN3C(=O)CN2C1=O.CN1CC(C(N)=O)CC2c3cccc4[nH]cc(c34)CC21.Cc1ccccc1. The molecule has 3 N–H and O–H groups in total. The summed E-state index contributed by atoms with van der Waals surface area (Å²) in [6.07, 6.45) is 5.48. The molecule has 8 rings (SSSR count). The normalized spacial score (nSPS) is 27.3. The van der Waals surface area contributed by atoms with Gasteiger partial charge in [-0.2, -0.15) is 0 Å². The van der Waals surface area contributed by atoms with Crippen molar-refractivity contribution in [1.29, 1.82) is 0 Å². The second-order valence-corrected chi connectivity index (χ2v) is 12.3. The lowest BCUT2D eigenvalue weighted by Gasteiger charge is -2.44. The fourth-order valence-electron chi connectivity index (χ4n) is 7.48. The number of primary amides is 1. The van der Waals surface area contributed by atoms with Gasteiger partial charge < -0.3 is 30.2 Å². The van der Waals surface area contributed by atoms with Gasteiger partial charge in [-0.15, -0.1) is 0 Å². The number of likely N-dealkylation sites (tertiary alicyclic amines) is 1. The number of benzene rings is 2. The van der Waals surface area contributed by atoms with E-state index in [4.69, 9.17) is 10.5 Å². The molecule has 0 saturated carbocycles. The number of ether oxygens (including phenoxy) is 1. The molecule has 6 atom stereocenters. The van der Waals surface area contributed by atoms with Crippen LogP contribution in [0.1, 0.15) is 76.5 Å². The summed E-state index contributed by atoms with van der Waals surface area (Å²) in [4.78, 5) is 44.2. The summed E-state index contributed by atoms with van der Waals surface area (Å²) < 4.78 is 5.62. The van der Waals surface area contributed by atoms with Gasteiger partial charge in [0, 0.05) is 42.1 Å². The number of hydrogen-bond acceptors (Lipinski definition) is 5. The Balaban J connectivity index is 0.000000162. The van der Waals surface area contributed by atoms with E-state index in [1.165, 1.54) is 27.6 Å². The lowest BCUT2D eigenvalue weighted by atomic mass is 9.72. The molecule has 2 aromatic carbocycles. The number of nitrogens with two attached hydrogens (primary N) is 1. The molecule has 0 spiro atoms. The minimum atomic E-state index is -0.386. The average Bonchev–Trinajstić information content (AvgIpc) is 3.80. The van der Waals surface area contributed by atoms with Gasteiger partial charge in [0.2, 0.25) is 11.8 Å². The Morgan fingerprint density at radius 3 is 2.35 bits per heavy atom. The third-order valence-corrected chi connectivity index (χ3v) is 9.60. The first-order valence-corrected chi connectivity index (χ1v) is 17.1. The maximum atomic E-state index is 11.7. The van der Waals surface area contributed by atoms with E-state index >= 15 is 0 Å². The number of nitrogens with one attached hydrogen (secondary N) is 1. The van der Waals surface area contributed by atoms with Gasteiger partial charge in [-0.3, -0.25) is 14.4 Å². The zero-order valence-corrected chi connectivity index (χ0v) is 28.7. The van der Waals surface area contributed by atoms with Gasteiger partial charge in [-0.25, -0.2) is 0 Å². The summed E-state index contributed by atoms with van der Waals surface area (Å²) in [5.74, 6) is 0.247. The summed E-state index contributed by atoms with van der Waals surface area (Å²) in [5.41, 5.74) is 10.9. The number of aromatic nitrogens is 1. The fraction of sp³-hybridized carbons (Fsp3) is 0.541. The Kier molecular flexibility index (Phi) is 12.0. The number of carbonyl (C=O) groups is 3. The third kappa shape index (κ3) is 7.15. The number of aryl methyl sites for hydroxylation is 1. The molecule has 5 aliphatic rings. The molecule has 4 fully saturated rings. The summed E-state index contributed by atoms with van der Waals surface area (Å²) in [5, 5.41) is 1.37. The largest absolute Gasteiger partial charge is 0.369 e. The molecule has 9 heteroatoms. The summed E-state index contributed by atoms with van der Waals surface area (Å²) in [6.45, 7) is 13.6. The van der Waals surface area contributed by atoms with E-state index in [-0.39, 0.29) is 48.6 Å². The first kappa shape index (κ1) is 35.2. The number of H-pyrrole nitrogens is 1. The highest BCUT2D eigenvalue weighted by Crippen LogP contribution is 2.44. The van der Waals surface area contributed by atoms with Crippen LogP contribution in [0.2, 0.25) is 0 Å². The van der Waals surface area contributed by atoms with Gasteiger partial charge >= 0.3 is 0 Å². The summed E-state index contributed by atoms with van der Waals surface area (Å²) in [7, 11) is 2.12. The number of aromatic amines is 1. The van der Waals surface area contributed by atoms with Crippen LogP contribution in [0.15, 0.2) is 54.7 Å². The van der Waals surface area contributed by atoms with Crippen molar-refractivity contribution < 1.29 is 19.1 Å². The molecule has 3 aromatic rings. The van der Waals surface area contributed by atoms with Crippen LogP contribution >= 0.6 is 0 Å². The van der Waals surface area contributed by atoms with E-state index in [1.54, 1.807) is 11.8 Å². The van der Waals surface area contributed by atoms with Gasteiger partial charge in [0.05, 0.1) is 12.0 Å². The number of hydrogen-bond donors (Lipinski definition) is 2. The van der Waals surface area contributed by atoms with Crippen molar-refractivity contribution >= 4 is 28.6 Å². The number of piperazine rings is 1. The van der Waals surface area contributed by atoms with E-state index < -0.39 is 0 Å². The monoisotopic (exact) mass is 631 g/mol. The van der Waals surface area contributed by atoms with Crippen molar-refractivity contribution in [2.24, 2.45) is 11.7 Å². The van der Waals surface area contributed by atoms with Gasteiger partial charge in [0.15, 0.2) is 6.23 Å². The molecule has 0 bridgehead atoms. The zero-order chi connectivity index (χ0) is 33.5. The van der Waals surface area contributed by atoms with Gasteiger partial charge in [0.25, 0.3) is 5.91 Å². The Morgan fingerprint density at radius 1 is 0.978 bits per heavy atom. The molecular formula is C37H53N5O4. The number of carbonyl (C=O) groups excluding carboxylic acids is 3. The van der Waals surface area contributed by atoms with E-state index in [0.717, 1.165) is 38.8 Å². The molecule has 46 heavy (non-hydrogen) atoms. The van der Waals surface area contributed by atoms with Crippen molar-refractivity contribution in [3.8, 4) is 0 Å². The number of likely N-dealkylation sites (N-methyl/N-ethyl adjacent to an activating group) is 1. The van der Waals surface area contributed by atoms with Crippen molar-refractivity contribution in [2.75, 3.05) is 26.7 Å². The molecule has 3 amide bonds. The van der Waals surface area contributed by atoms with Gasteiger partial charge in [-0.1, -0.05) is 75.7 Å². The Hall–Kier alpha value is -3.69. The van der Waals surface area contributed by atoms with E-state index in [1.807, 2.05) is 50.8 Å². The Bertz CT molecular complexity index is 1470. The molecule has 5 heterocycles. The number of fused-ring (bicyclic) bond motifs is 5. The van der Waals surface area contributed by atoms with Crippen molar-refractivity contribution in [3.05, 3.63) is 71.4 Å². The molecule has 250 valence electrons. The predicted octanol–water partition coefficient (Wildman–Crippen LogP) is 5.23. The van der Waals surface area contributed by atoms with Crippen LogP contribution in [0.25, 0.3) is 10.9 Å². The molecule has 1 aromatic heterocycles. The van der Waals surface area contributed by atoms with Gasteiger partial charge in [-0.05, 0) is 63.8 Å². The smallest absolute Gasteiger partial charge is 0.254 e. The highest BCUT2D eigenvalue weighted by molar-refractivity contribution is 5.90. The maximum absolute atomic E-state index is 11.7. The highest BCUT2D eigenvalue weighted by Gasteiger charge is 2.51. The lowest BCUT2D eigenvalue weighted by Crippen LogP contribution is -2.58. The zero-order valence-electron chi connectivity index (χ0n) is 28.7. The van der Waals surface area contributed by atoms with Crippen LogP contribution in [0.4, 0.5) is 0 Å². The number of nitrogens with zero attached hydrogens (tertiary/aromatic N) is 3. The Morgan fingerprint density at radius 2 is 1.70 bits per heavy atom. The quantitative estimate of drug-likeness (QED) is 0.382. The molecule has 4 saturated heterocycles. The van der Waals surface area contributed by atoms with E-state index in [9.17, 15) is 14.4 Å². The second kappa shape index (κ2) is 15.7. The van der Waals surface area contributed by atoms with Crippen LogP contribution < -0.4 is 5.73 Å². The molecular weight excluding hydrogens is 578 g/mol. The minimum absolute atomic E-state index is 0.0306. The standard InChI is InChI=1S/C16H19N3O.C10H14N2O3.C7H8.2C2H6/c1-19-8-10(16(17)20)5-12-11-3-2-4-13-15(11)9(7-18-13)6-14(12)19;1-6-9(14)12-5-8(13)11-4-2-3-7(11)10(12)15-6;1-7-5-3-2-4-6-7;2*1-2/h2-4,7,10,12,14,18H,5-6,8H2,1H3,(H2,17,20);6-7,10H,2-5H2,1H3;2-6H,1H3;2*1-2H3. The van der Waals surface area contributed by atoms with Crippen LogP contribution in [0.3, 0.4) is 0 Å². The number of rotatable bonds is 1. The fourth-order valence-corrected chi connectivity index (χ4v) is 7.48. The van der Waals surface area contributed by atoms with Crippen LogP contribution in [-0.2, 0) is 25.5 Å². The van der Waals surface area contributed by atoms with Gasteiger partial charge in [0.1, 0.15) is 12.6 Å². The van der Waals surface area contributed by atoms with Crippen molar-refractivity contribution in [1.82, 2.24) is 19.7 Å². The second-order valence-electron chi connectivity index (χ2n) is 12.3. The molecule has 1 aliphatic carbocycles. The number of piperidine rings is 1. The third-order valence-electron chi connectivity index (χ3n) is 9.60. The van der Waals surface area contributed by atoms with E-state index in [0.29, 0.717) is 12.0 Å². The van der Waals surface area contributed by atoms with Crippen molar-refractivity contribution in [2.45, 2.75) is 97.6 Å². The number of amides is 3. The molecule has 6 unspecified atom stereocenters. The minimum Gasteiger partial charge on any atom is -0.369 e. The molecule has 4 aliphatic heterocycles. The lowest BCUT2D eigenvalue weighted by molar-refractivity contribution is -0.153. The molecule has 9 nitrogen and oxygen atoms in total. The van der Waals surface area contributed by atoms with Crippen LogP contribution in [-0.4, -0.2) is 88.5 Å². The van der Waals surface area contributed by atoms with Crippen molar-refractivity contribution in [3.63, 3.8) is 0 Å². The summed E-state index contributed by atoms with van der Waals surface area (Å²) >= 11 is 0. The average molecular weight is 632 g/mol. The maximum Gasteiger partial charge on any atom is 0.254 e.